The number of benzene rings is 1. The molecule has 0 amide bonds. The van der Waals surface area contributed by atoms with Gasteiger partial charge in [-0.25, -0.2) is 4.98 Å². The SMILES string of the molecule is NC(=NN=Cc1ccc(-c2cccc(Cl)c2)o1)c1cnccn1. The number of halogens is 1. The van der Waals surface area contributed by atoms with Gasteiger partial charge in [-0.15, -0.1) is 5.10 Å². The Bertz CT molecular complexity index is 858. The number of amidine groups is 1. The second kappa shape index (κ2) is 6.85. The van der Waals surface area contributed by atoms with Crippen molar-refractivity contribution in [2.24, 2.45) is 15.9 Å². The van der Waals surface area contributed by atoms with Crippen LogP contribution in [0.25, 0.3) is 11.3 Å². The number of hydrogen-bond donors (Lipinski definition) is 1. The Hall–Kier alpha value is -2.99. The van der Waals surface area contributed by atoms with Gasteiger partial charge in [0, 0.05) is 23.0 Å². The van der Waals surface area contributed by atoms with Crippen LogP contribution in [0.2, 0.25) is 5.02 Å². The fourth-order valence-electron chi connectivity index (χ4n) is 1.85. The molecule has 2 aromatic heterocycles. The number of furan rings is 1. The molecule has 3 rings (SSSR count). The highest BCUT2D eigenvalue weighted by molar-refractivity contribution is 6.30. The lowest BCUT2D eigenvalue weighted by Crippen LogP contribution is -2.14. The largest absolute Gasteiger partial charge is 0.455 e. The first-order chi connectivity index (χ1) is 11.2. The van der Waals surface area contributed by atoms with Crippen LogP contribution >= 0.6 is 11.6 Å². The average Bonchev–Trinajstić information content (AvgIpc) is 3.04. The lowest BCUT2D eigenvalue weighted by Gasteiger charge is -1.96. The molecule has 0 aliphatic carbocycles. The maximum absolute atomic E-state index is 5.97. The van der Waals surface area contributed by atoms with Crippen LogP contribution in [0.1, 0.15) is 11.5 Å². The molecule has 7 heteroatoms. The van der Waals surface area contributed by atoms with Gasteiger partial charge in [-0.05, 0) is 24.3 Å². The first kappa shape index (κ1) is 14.9. The summed E-state index contributed by atoms with van der Waals surface area (Å²) in [6, 6.07) is 11.0. The van der Waals surface area contributed by atoms with Gasteiger partial charge in [0.1, 0.15) is 17.2 Å². The highest BCUT2D eigenvalue weighted by atomic mass is 35.5. The molecule has 0 atom stereocenters. The van der Waals surface area contributed by atoms with Crippen molar-refractivity contribution in [1.82, 2.24) is 9.97 Å². The van der Waals surface area contributed by atoms with Crippen LogP contribution in [-0.2, 0) is 0 Å². The minimum absolute atomic E-state index is 0.177. The van der Waals surface area contributed by atoms with Crippen molar-refractivity contribution in [3.05, 3.63) is 71.5 Å². The average molecular weight is 326 g/mol. The van der Waals surface area contributed by atoms with Crippen molar-refractivity contribution in [3.8, 4) is 11.3 Å². The summed E-state index contributed by atoms with van der Waals surface area (Å²) in [4.78, 5) is 7.94. The summed E-state index contributed by atoms with van der Waals surface area (Å²) < 4.78 is 5.67. The molecule has 0 saturated carbocycles. The third kappa shape index (κ3) is 3.81. The van der Waals surface area contributed by atoms with Crippen molar-refractivity contribution in [1.29, 1.82) is 0 Å². The molecule has 0 unspecified atom stereocenters. The van der Waals surface area contributed by atoms with Crippen molar-refractivity contribution in [2.75, 3.05) is 0 Å². The second-order valence-corrected chi connectivity index (χ2v) is 4.97. The quantitative estimate of drug-likeness (QED) is 0.453. The predicted molar refractivity (Wildman–Crippen MR) is 89.5 cm³/mol. The summed E-state index contributed by atoms with van der Waals surface area (Å²) in [7, 11) is 0. The number of nitrogens with two attached hydrogens (primary N) is 1. The smallest absolute Gasteiger partial charge is 0.173 e. The number of rotatable bonds is 4. The van der Waals surface area contributed by atoms with Gasteiger partial charge in [-0.1, -0.05) is 23.7 Å². The fraction of sp³-hybridized carbons (Fsp3) is 0. The summed E-state index contributed by atoms with van der Waals surface area (Å²) in [5.41, 5.74) is 7.11. The maximum atomic E-state index is 5.97. The highest BCUT2D eigenvalue weighted by Crippen LogP contribution is 2.24. The van der Waals surface area contributed by atoms with Crippen LogP contribution in [0.4, 0.5) is 0 Å². The van der Waals surface area contributed by atoms with Crippen LogP contribution < -0.4 is 5.73 Å². The molecule has 1 aromatic carbocycles. The summed E-state index contributed by atoms with van der Waals surface area (Å²) in [6.07, 6.45) is 6.07. The molecule has 0 bridgehead atoms. The molecule has 0 aliphatic rings. The van der Waals surface area contributed by atoms with Gasteiger partial charge in [-0.3, -0.25) is 4.98 Å². The third-order valence-corrected chi connectivity index (χ3v) is 3.15. The van der Waals surface area contributed by atoms with Gasteiger partial charge in [0.2, 0.25) is 0 Å². The van der Waals surface area contributed by atoms with E-state index in [0.29, 0.717) is 22.2 Å². The third-order valence-electron chi connectivity index (χ3n) is 2.91. The highest BCUT2D eigenvalue weighted by Gasteiger charge is 2.04. The topological polar surface area (TPSA) is 89.7 Å². The zero-order valence-electron chi connectivity index (χ0n) is 11.9. The van der Waals surface area contributed by atoms with Crippen LogP contribution in [0.5, 0.6) is 0 Å². The molecule has 0 spiro atoms. The Balaban J connectivity index is 1.74. The molecular weight excluding hydrogens is 314 g/mol. The van der Waals surface area contributed by atoms with Crippen LogP contribution in [-0.4, -0.2) is 22.0 Å². The van der Waals surface area contributed by atoms with Gasteiger partial charge in [-0.2, -0.15) is 5.10 Å². The lowest BCUT2D eigenvalue weighted by atomic mass is 10.2. The zero-order chi connectivity index (χ0) is 16.1. The number of hydrogen-bond acceptors (Lipinski definition) is 5. The van der Waals surface area contributed by atoms with E-state index in [1.807, 2.05) is 24.3 Å². The van der Waals surface area contributed by atoms with E-state index in [2.05, 4.69) is 20.2 Å². The lowest BCUT2D eigenvalue weighted by molar-refractivity contribution is 0.575. The predicted octanol–water partition coefficient (Wildman–Crippen LogP) is 3.13. The Morgan fingerprint density at radius 2 is 2.13 bits per heavy atom. The van der Waals surface area contributed by atoms with Crippen LogP contribution in [0.3, 0.4) is 0 Å². The van der Waals surface area contributed by atoms with E-state index in [0.717, 1.165) is 5.56 Å². The van der Waals surface area contributed by atoms with Crippen LogP contribution in [0.15, 0.2) is 69.6 Å². The number of nitrogens with zero attached hydrogens (tertiary/aromatic N) is 4. The van der Waals surface area contributed by atoms with Gasteiger partial charge >= 0.3 is 0 Å². The molecule has 0 aliphatic heterocycles. The molecule has 0 radical (unpaired) electrons. The zero-order valence-corrected chi connectivity index (χ0v) is 12.7. The van der Waals surface area contributed by atoms with Crippen molar-refractivity contribution in [3.63, 3.8) is 0 Å². The van der Waals surface area contributed by atoms with Gasteiger partial charge < -0.3 is 10.2 Å². The normalized spacial score (nSPS) is 12.0. The second-order valence-electron chi connectivity index (χ2n) is 4.53. The van der Waals surface area contributed by atoms with Gasteiger partial charge in [0.25, 0.3) is 0 Å². The van der Waals surface area contributed by atoms with Crippen molar-refractivity contribution in [2.45, 2.75) is 0 Å². The van der Waals surface area contributed by atoms with E-state index in [4.69, 9.17) is 21.8 Å². The van der Waals surface area contributed by atoms with E-state index in [-0.39, 0.29) is 5.84 Å². The van der Waals surface area contributed by atoms with E-state index in [1.165, 1.54) is 18.6 Å². The van der Waals surface area contributed by atoms with E-state index >= 15 is 0 Å². The Labute approximate surface area is 137 Å². The molecule has 6 nitrogen and oxygen atoms in total. The molecular formula is C16H12ClN5O. The molecule has 114 valence electrons. The molecule has 23 heavy (non-hydrogen) atoms. The van der Waals surface area contributed by atoms with Gasteiger partial charge in [0.15, 0.2) is 5.84 Å². The van der Waals surface area contributed by atoms with Crippen molar-refractivity contribution >= 4 is 23.7 Å². The van der Waals surface area contributed by atoms with E-state index in [1.54, 1.807) is 18.3 Å². The Kier molecular flexibility index (Phi) is 4.44. The standard InChI is InChI=1S/C16H12ClN5O/c17-12-3-1-2-11(8-12)15-5-4-13(23-15)9-21-22-16(18)14-10-19-6-7-20-14/h1-10H,(H2,18,22). The van der Waals surface area contributed by atoms with Crippen LogP contribution in [0, 0.1) is 0 Å². The molecule has 0 saturated heterocycles. The number of aromatic nitrogens is 2. The molecule has 3 aromatic rings. The summed E-state index contributed by atoms with van der Waals surface area (Å²) in [5, 5.41) is 8.41. The first-order valence-corrected chi connectivity index (χ1v) is 7.09. The summed E-state index contributed by atoms with van der Waals surface area (Å²) in [6.45, 7) is 0. The van der Waals surface area contributed by atoms with E-state index in [9.17, 15) is 0 Å². The molecule has 2 N–H and O–H groups in total. The van der Waals surface area contributed by atoms with E-state index < -0.39 is 0 Å². The Morgan fingerprint density at radius 3 is 2.91 bits per heavy atom. The van der Waals surface area contributed by atoms with Crippen molar-refractivity contribution < 1.29 is 4.42 Å². The summed E-state index contributed by atoms with van der Waals surface area (Å²) >= 11 is 5.97. The summed E-state index contributed by atoms with van der Waals surface area (Å²) in [5.74, 6) is 1.42. The minimum Gasteiger partial charge on any atom is -0.455 e. The Morgan fingerprint density at radius 1 is 1.22 bits per heavy atom. The monoisotopic (exact) mass is 325 g/mol. The maximum Gasteiger partial charge on any atom is 0.173 e. The first-order valence-electron chi connectivity index (χ1n) is 6.71. The van der Waals surface area contributed by atoms with Gasteiger partial charge in [0.05, 0.1) is 12.4 Å². The minimum atomic E-state index is 0.177. The molecule has 0 fully saturated rings. The fourth-order valence-corrected chi connectivity index (χ4v) is 2.04. The molecule has 2 heterocycles.